The van der Waals surface area contributed by atoms with E-state index in [0.717, 1.165) is 11.0 Å². The van der Waals surface area contributed by atoms with Crippen LogP contribution in [0.15, 0.2) is 60.0 Å². The Morgan fingerprint density at radius 1 is 1.07 bits per heavy atom. The van der Waals surface area contributed by atoms with Crippen molar-refractivity contribution < 1.29 is 22.7 Å². The molecular weight excluding hydrogens is 380 g/mol. The van der Waals surface area contributed by atoms with E-state index in [4.69, 9.17) is 4.74 Å². The number of hydrogen-bond donors (Lipinski definition) is 2. The van der Waals surface area contributed by atoms with Gasteiger partial charge in [0.25, 0.3) is 5.91 Å². The molecule has 148 valence electrons. The fourth-order valence-corrected chi connectivity index (χ4v) is 3.23. The molecule has 0 radical (unpaired) electrons. The quantitative estimate of drug-likeness (QED) is 0.661. The van der Waals surface area contributed by atoms with Gasteiger partial charge in [-0.25, -0.2) is 8.42 Å². The number of amides is 1. The van der Waals surface area contributed by atoms with E-state index in [9.17, 15) is 18.0 Å². The maximum Gasteiger partial charge on any atom is 0.324 e. The number of para-hydroxylation sites is 1. The fraction of sp³-hybridized carbons (Fsp3) is 0.200. The molecule has 0 aliphatic rings. The third kappa shape index (κ3) is 6.98. The van der Waals surface area contributed by atoms with Crippen LogP contribution in [0.5, 0.6) is 0 Å². The SMILES string of the molecule is Cc1ccccc1NC(=O)COC(=O)[C@H](C)NS(=O)(=O)/C=C/c1ccccc1. The van der Waals surface area contributed by atoms with Crippen molar-refractivity contribution in [3.63, 3.8) is 0 Å². The van der Waals surface area contributed by atoms with Gasteiger partial charge in [0.05, 0.1) is 0 Å². The number of anilines is 1. The van der Waals surface area contributed by atoms with E-state index in [0.29, 0.717) is 11.3 Å². The third-order valence-corrected chi connectivity index (χ3v) is 4.87. The Balaban J connectivity index is 1.84. The zero-order valence-corrected chi connectivity index (χ0v) is 16.4. The van der Waals surface area contributed by atoms with Crippen molar-refractivity contribution >= 4 is 33.7 Å². The number of aryl methyl sites for hydroxylation is 1. The third-order valence-electron chi connectivity index (χ3n) is 3.70. The molecule has 1 amide bonds. The van der Waals surface area contributed by atoms with Crippen molar-refractivity contribution in [1.82, 2.24) is 4.72 Å². The van der Waals surface area contributed by atoms with Crippen molar-refractivity contribution in [2.24, 2.45) is 0 Å². The van der Waals surface area contributed by atoms with Gasteiger partial charge in [-0.2, -0.15) is 4.72 Å². The van der Waals surface area contributed by atoms with Crippen LogP contribution in [0, 0.1) is 6.92 Å². The molecule has 0 aliphatic heterocycles. The lowest BCUT2D eigenvalue weighted by Gasteiger charge is -2.13. The maximum absolute atomic E-state index is 12.1. The number of nitrogens with one attached hydrogen (secondary N) is 2. The highest BCUT2D eigenvalue weighted by Crippen LogP contribution is 2.12. The summed E-state index contributed by atoms with van der Waals surface area (Å²) in [7, 11) is -3.85. The van der Waals surface area contributed by atoms with Gasteiger partial charge >= 0.3 is 5.97 Å². The molecule has 2 aromatic rings. The van der Waals surface area contributed by atoms with Crippen LogP contribution >= 0.6 is 0 Å². The minimum absolute atomic E-state index is 0.512. The van der Waals surface area contributed by atoms with Crippen LogP contribution in [0.1, 0.15) is 18.1 Å². The van der Waals surface area contributed by atoms with Crippen LogP contribution in [-0.4, -0.2) is 32.9 Å². The molecule has 0 aromatic heterocycles. The molecule has 0 aliphatic carbocycles. The Morgan fingerprint density at radius 3 is 2.39 bits per heavy atom. The second kappa shape index (κ2) is 9.82. The highest BCUT2D eigenvalue weighted by Gasteiger charge is 2.20. The molecule has 0 spiro atoms. The van der Waals surface area contributed by atoms with E-state index in [1.807, 2.05) is 25.1 Å². The number of sulfonamides is 1. The van der Waals surface area contributed by atoms with Gasteiger partial charge in [0, 0.05) is 11.1 Å². The van der Waals surface area contributed by atoms with Crippen LogP contribution in [0.4, 0.5) is 5.69 Å². The monoisotopic (exact) mass is 402 g/mol. The summed E-state index contributed by atoms with van der Waals surface area (Å²) in [6.07, 6.45) is 1.41. The first-order chi connectivity index (χ1) is 13.3. The Kier molecular flexibility index (Phi) is 7.48. The Labute approximate surface area is 164 Å². The number of benzene rings is 2. The molecule has 2 rings (SSSR count). The molecule has 8 heteroatoms. The minimum Gasteiger partial charge on any atom is -0.454 e. The second-order valence-corrected chi connectivity index (χ2v) is 7.67. The lowest BCUT2D eigenvalue weighted by Crippen LogP contribution is -2.39. The van der Waals surface area contributed by atoms with Crippen molar-refractivity contribution in [3.8, 4) is 0 Å². The van der Waals surface area contributed by atoms with Gasteiger partial charge in [0.1, 0.15) is 6.04 Å². The molecule has 7 nitrogen and oxygen atoms in total. The van der Waals surface area contributed by atoms with E-state index in [2.05, 4.69) is 10.0 Å². The number of ether oxygens (including phenoxy) is 1. The van der Waals surface area contributed by atoms with Crippen LogP contribution in [0.3, 0.4) is 0 Å². The summed E-state index contributed by atoms with van der Waals surface area (Å²) in [5, 5.41) is 3.59. The highest BCUT2D eigenvalue weighted by atomic mass is 32.2. The van der Waals surface area contributed by atoms with Gasteiger partial charge in [0.2, 0.25) is 10.0 Å². The molecule has 1 atom stereocenters. The van der Waals surface area contributed by atoms with Crippen molar-refractivity contribution in [2.75, 3.05) is 11.9 Å². The first kappa shape index (κ1) is 21.3. The number of carbonyl (C=O) groups is 2. The first-order valence-corrected chi connectivity index (χ1v) is 10.1. The van der Waals surface area contributed by atoms with E-state index in [-0.39, 0.29) is 0 Å². The van der Waals surface area contributed by atoms with E-state index < -0.39 is 34.5 Å². The van der Waals surface area contributed by atoms with Gasteiger partial charge in [-0.1, -0.05) is 48.5 Å². The summed E-state index contributed by atoms with van der Waals surface area (Å²) in [4.78, 5) is 23.9. The van der Waals surface area contributed by atoms with E-state index in [1.165, 1.54) is 13.0 Å². The molecule has 0 saturated carbocycles. The lowest BCUT2D eigenvalue weighted by atomic mass is 10.2. The molecule has 0 fully saturated rings. The zero-order valence-electron chi connectivity index (χ0n) is 15.6. The standard InChI is InChI=1S/C20H22N2O5S/c1-15-8-6-7-11-18(15)21-19(23)14-27-20(24)16(2)22-28(25,26)13-12-17-9-4-3-5-10-17/h3-13,16,22H,14H2,1-2H3,(H,21,23)/b13-12+/t16-/m0/s1. The molecule has 0 heterocycles. The summed E-state index contributed by atoms with van der Waals surface area (Å²) in [5.41, 5.74) is 2.19. The van der Waals surface area contributed by atoms with E-state index in [1.54, 1.807) is 36.4 Å². The molecule has 0 unspecified atom stereocenters. The number of hydrogen-bond acceptors (Lipinski definition) is 5. The zero-order chi connectivity index (χ0) is 20.6. The van der Waals surface area contributed by atoms with Gasteiger partial charge in [0.15, 0.2) is 6.61 Å². The topological polar surface area (TPSA) is 102 Å². The maximum atomic E-state index is 12.1. The molecule has 28 heavy (non-hydrogen) atoms. The predicted molar refractivity (Wildman–Crippen MR) is 108 cm³/mol. The molecule has 2 aromatic carbocycles. The van der Waals surface area contributed by atoms with Crippen molar-refractivity contribution in [3.05, 3.63) is 71.1 Å². The number of esters is 1. The molecule has 2 N–H and O–H groups in total. The largest absolute Gasteiger partial charge is 0.454 e. The Bertz CT molecular complexity index is 956. The lowest BCUT2D eigenvalue weighted by molar-refractivity contribution is -0.148. The fourth-order valence-electron chi connectivity index (χ4n) is 2.23. The molecule has 0 bridgehead atoms. The number of rotatable bonds is 8. The summed E-state index contributed by atoms with van der Waals surface area (Å²) in [5.74, 6) is -1.36. The van der Waals surface area contributed by atoms with Crippen LogP contribution in [-0.2, 0) is 24.3 Å². The van der Waals surface area contributed by atoms with Crippen molar-refractivity contribution in [1.29, 1.82) is 0 Å². The summed E-state index contributed by atoms with van der Waals surface area (Å²) in [6, 6.07) is 14.9. The molecular formula is C20H22N2O5S. The summed E-state index contributed by atoms with van der Waals surface area (Å²) < 4.78 is 31.2. The normalized spacial score (nSPS) is 12.5. The second-order valence-electron chi connectivity index (χ2n) is 6.07. The minimum atomic E-state index is -3.85. The van der Waals surface area contributed by atoms with Crippen LogP contribution in [0.2, 0.25) is 0 Å². The average molecular weight is 402 g/mol. The molecule has 0 saturated heterocycles. The Hall–Kier alpha value is -2.97. The Morgan fingerprint density at radius 2 is 1.71 bits per heavy atom. The van der Waals surface area contributed by atoms with Gasteiger partial charge in [-0.05, 0) is 37.1 Å². The van der Waals surface area contributed by atoms with Gasteiger partial charge in [-0.15, -0.1) is 0 Å². The smallest absolute Gasteiger partial charge is 0.324 e. The predicted octanol–water partition coefficient (Wildman–Crippen LogP) is 2.46. The summed E-state index contributed by atoms with van der Waals surface area (Å²) in [6.45, 7) is 2.66. The number of carbonyl (C=O) groups excluding carboxylic acids is 2. The van der Waals surface area contributed by atoms with Crippen LogP contribution < -0.4 is 10.0 Å². The van der Waals surface area contributed by atoms with Crippen LogP contribution in [0.25, 0.3) is 6.08 Å². The highest BCUT2D eigenvalue weighted by molar-refractivity contribution is 7.92. The summed E-state index contributed by atoms with van der Waals surface area (Å²) >= 11 is 0. The van der Waals surface area contributed by atoms with E-state index >= 15 is 0 Å². The van der Waals surface area contributed by atoms with Gasteiger partial charge in [-0.3, -0.25) is 9.59 Å². The van der Waals surface area contributed by atoms with Gasteiger partial charge < -0.3 is 10.1 Å². The van der Waals surface area contributed by atoms with Crippen molar-refractivity contribution in [2.45, 2.75) is 19.9 Å². The first-order valence-electron chi connectivity index (χ1n) is 8.54. The average Bonchev–Trinajstić information content (AvgIpc) is 2.67.